The van der Waals surface area contributed by atoms with Crippen LogP contribution in [0.25, 0.3) is 0 Å². The monoisotopic (exact) mass is 874 g/mol. The second kappa shape index (κ2) is 14.7. The van der Waals surface area contributed by atoms with Crippen LogP contribution >= 0.6 is 112 Å². The van der Waals surface area contributed by atoms with E-state index in [-0.39, 0.29) is 10.9 Å². The summed E-state index contributed by atoms with van der Waals surface area (Å²) in [5.74, 6) is 1.58. The molecule has 0 heterocycles. The Morgan fingerprint density at radius 3 is 1.58 bits per heavy atom. The molecule has 0 aliphatic rings. The number of alkyl halides is 3. The maximum Gasteiger partial charge on any atom is 0.147 e. The second-order valence-corrected chi connectivity index (χ2v) is 12.6. The summed E-state index contributed by atoms with van der Waals surface area (Å²) in [6, 6.07) is 8.35. The Kier molecular flexibility index (Phi) is 13.6. The first-order valence-electron chi connectivity index (χ1n) is 9.38. The van der Waals surface area contributed by atoms with Crippen LogP contribution in [0.3, 0.4) is 0 Å². The van der Waals surface area contributed by atoms with Crippen LogP contribution in [-0.4, -0.2) is 41.4 Å². The molecule has 0 N–H and O–H groups in total. The predicted octanol–water partition coefficient (Wildman–Crippen LogP) is 9.04. The van der Waals surface area contributed by atoms with Crippen molar-refractivity contribution < 1.29 is 14.2 Å². The van der Waals surface area contributed by atoms with E-state index < -0.39 is 0 Å². The van der Waals surface area contributed by atoms with E-state index in [1.54, 1.807) is 0 Å². The van der Waals surface area contributed by atoms with Crippen LogP contribution in [0.15, 0.2) is 42.2 Å². The van der Waals surface area contributed by atoms with Gasteiger partial charge in [-0.2, -0.15) is 0 Å². The highest BCUT2D eigenvalue weighted by atomic mass is 79.9. The van der Waals surface area contributed by atoms with Crippen LogP contribution in [0.1, 0.15) is 18.1 Å². The van der Waals surface area contributed by atoms with Crippen molar-refractivity contribution in [3.8, 4) is 11.5 Å². The maximum absolute atomic E-state index is 6.00. The minimum atomic E-state index is 0.00765. The zero-order valence-electron chi connectivity index (χ0n) is 16.6. The number of rotatable bonds is 12. The van der Waals surface area contributed by atoms with E-state index in [0.717, 1.165) is 57.6 Å². The van der Waals surface area contributed by atoms with E-state index in [1.165, 1.54) is 0 Å². The Morgan fingerprint density at radius 2 is 1.19 bits per heavy atom. The Hall–Kier alpha value is 1.36. The summed E-state index contributed by atoms with van der Waals surface area (Å²) >= 11 is 25.0. The van der Waals surface area contributed by atoms with Gasteiger partial charge in [0.05, 0.1) is 22.7 Å². The van der Waals surface area contributed by atoms with Gasteiger partial charge in [0.2, 0.25) is 0 Å². The third-order valence-electron chi connectivity index (χ3n) is 4.09. The molecule has 0 fully saturated rings. The van der Waals surface area contributed by atoms with Crippen molar-refractivity contribution >= 4 is 112 Å². The molecule has 3 nitrogen and oxygen atoms in total. The minimum Gasteiger partial charge on any atom is -0.490 e. The normalized spacial score (nSPS) is 13.2. The van der Waals surface area contributed by atoms with Crippen LogP contribution in [0.2, 0.25) is 0 Å². The van der Waals surface area contributed by atoms with E-state index in [0.29, 0.717) is 19.8 Å². The molecular formula is C21H21Br7O3. The molecular weight excluding hydrogens is 860 g/mol. The first kappa shape index (κ1) is 28.6. The molecule has 0 aliphatic carbocycles. The van der Waals surface area contributed by atoms with Gasteiger partial charge in [0, 0.05) is 17.3 Å². The van der Waals surface area contributed by atoms with E-state index >= 15 is 0 Å². The fourth-order valence-electron chi connectivity index (χ4n) is 2.71. The average molecular weight is 881 g/mol. The molecule has 0 bridgehead atoms. The molecule has 31 heavy (non-hydrogen) atoms. The Bertz CT molecular complexity index is 817. The highest BCUT2D eigenvalue weighted by molar-refractivity contribution is 9.12. The van der Waals surface area contributed by atoms with Gasteiger partial charge in [-0.15, -0.1) is 0 Å². The maximum atomic E-state index is 6.00. The van der Waals surface area contributed by atoms with Crippen molar-refractivity contribution in [3.63, 3.8) is 0 Å². The molecule has 172 valence electrons. The summed E-state index contributed by atoms with van der Waals surface area (Å²) in [6.07, 6.45) is 0.772. The van der Waals surface area contributed by atoms with E-state index in [4.69, 9.17) is 14.2 Å². The van der Waals surface area contributed by atoms with Gasteiger partial charge < -0.3 is 14.2 Å². The first-order valence-corrected chi connectivity index (χ1v) is 15.7. The lowest BCUT2D eigenvalue weighted by molar-refractivity contribution is 0.0436. The number of hydrogen-bond donors (Lipinski definition) is 0. The summed E-state index contributed by atoms with van der Waals surface area (Å²) in [4.78, 5) is 0.250. The third-order valence-corrected chi connectivity index (χ3v) is 9.41. The van der Waals surface area contributed by atoms with E-state index in [2.05, 4.69) is 136 Å². The van der Waals surface area contributed by atoms with Crippen molar-refractivity contribution in [2.45, 2.75) is 24.3 Å². The third kappa shape index (κ3) is 9.15. The average Bonchev–Trinajstić information content (AvgIpc) is 2.71. The van der Waals surface area contributed by atoms with Crippen LogP contribution in [0, 0.1) is 0 Å². The molecule has 0 aliphatic heterocycles. The van der Waals surface area contributed by atoms with E-state index in [9.17, 15) is 0 Å². The molecule has 10 heteroatoms. The molecule has 2 unspecified atom stereocenters. The highest BCUT2D eigenvalue weighted by Crippen LogP contribution is 2.38. The topological polar surface area (TPSA) is 27.7 Å². The smallest absolute Gasteiger partial charge is 0.147 e. The molecule has 0 amide bonds. The van der Waals surface area contributed by atoms with Gasteiger partial charge in [0.1, 0.15) is 30.8 Å². The molecule has 0 radical (unpaired) electrons. The SMILES string of the molecule is CCOC(CBr)COc1c(Br)cc(Cc2cc(Br)c(OCC(Br)CBr)c(Br)c2)cc1Br. The van der Waals surface area contributed by atoms with Crippen molar-refractivity contribution in [2.75, 3.05) is 30.5 Å². The van der Waals surface area contributed by atoms with Gasteiger partial charge >= 0.3 is 0 Å². The summed E-state index contributed by atoms with van der Waals surface area (Å²) in [6.45, 7) is 3.68. The highest BCUT2D eigenvalue weighted by Gasteiger charge is 2.15. The van der Waals surface area contributed by atoms with Crippen molar-refractivity contribution in [2.24, 2.45) is 0 Å². The van der Waals surface area contributed by atoms with Gasteiger partial charge in [0.25, 0.3) is 0 Å². The van der Waals surface area contributed by atoms with Crippen LogP contribution in [-0.2, 0) is 11.2 Å². The summed E-state index contributed by atoms with van der Waals surface area (Å²) in [7, 11) is 0. The zero-order chi connectivity index (χ0) is 23.0. The van der Waals surface area contributed by atoms with Crippen molar-refractivity contribution in [1.29, 1.82) is 0 Å². The lowest BCUT2D eigenvalue weighted by Gasteiger charge is -2.18. The largest absolute Gasteiger partial charge is 0.490 e. The van der Waals surface area contributed by atoms with E-state index in [1.807, 2.05) is 6.92 Å². The molecule has 2 aromatic rings. The molecule has 0 aromatic heterocycles. The van der Waals surface area contributed by atoms with Crippen LogP contribution in [0.5, 0.6) is 11.5 Å². The van der Waals surface area contributed by atoms with Gasteiger partial charge in [0.15, 0.2) is 0 Å². The Morgan fingerprint density at radius 1 is 0.742 bits per heavy atom. The zero-order valence-corrected chi connectivity index (χ0v) is 27.7. The number of ether oxygens (including phenoxy) is 3. The van der Waals surface area contributed by atoms with Crippen molar-refractivity contribution in [1.82, 2.24) is 0 Å². The van der Waals surface area contributed by atoms with Crippen molar-refractivity contribution in [3.05, 3.63) is 53.3 Å². The van der Waals surface area contributed by atoms with Crippen LogP contribution in [0.4, 0.5) is 0 Å². The quantitative estimate of drug-likeness (QED) is 0.200. The van der Waals surface area contributed by atoms with Gasteiger partial charge in [-0.1, -0.05) is 47.8 Å². The number of benzene rings is 2. The summed E-state index contributed by atoms with van der Waals surface area (Å²) in [5, 5.41) is 1.55. The molecule has 0 spiro atoms. The summed E-state index contributed by atoms with van der Waals surface area (Å²) in [5.41, 5.74) is 2.31. The van der Waals surface area contributed by atoms with Crippen LogP contribution < -0.4 is 9.47 Å². The Balaban J connectivity index is 2.12. The molecule has 2 aromatic carbocycles. The Labute approximate surface area is 242 Å². The van der Waals surface area contributed by atoms with Gasteiger partial charge in [-0.05, 0) is 112 Å². The lowest BCUT2D eigenvalue weighted by atomic mass is 10.0. The minimum absolute atomic E-state index is 0.00765. The molecule has 2 atom stereocenters. The summed E-state index contributed by atoms with van der Waals surface area (Å²) < 4.78 is 21.2. The standard InChI is InChI=1S/C21H21Br7O3/c1-2-29-15(9-23)11-31-21-18(27)6-13(7-19(21)28)3-12-4-16(25)20(17(26)5-12)30-10-14(24)8-22/h4-7,14-15H,2-3,8-11H2,1H3. The second-order valence-electron chi connectivity index (χ2n) is 6.56. The lowest BCUT2D eigenvalue weighted by Crippen LogP contribution is -2.23. The fraction of sp³-hybridized carbons (Fsp3) is 0.429. The fourth-order valence-corrected chi connectivity index (χ4v) is 6.42. The number of hydrogen-bond acceptors (Lipinski definition) is 3. The molecule has 0 saturated carbocycles. The molecule has 0 saturated heterocycles. The number of halogens is 7. The van der Waals surface area contributed by atoms with Gasteiger partial charge in [-0.25, -0.2) is 0 Å². The predicted molar refractivity (Wildman–Crippen MR) is 153 cm³/mol. The molecule has 2 rings (SSSR count). The first-order chi connectivity index (χ1) is 14.8. The van der Waals surface area contributed by atoms with Gasteiger partial charge in [-0.3, -0.25) is 0 Å².